The summed E-state index contributed by atoms with van der Waals surface area (Å²) in [5.41, 5.74) is -0.299. The Balaban J connectivity index is 1.67. The number of alkyl halides is 3. The van der Waals surface area contributed by atoms with Crippen molar-refractivity contribution in [3.8, 4) is 22.8 Å². The van der Waals surface area contributed by atoms with Crippen LogP contribution in [0, 0.1) is 0 Å². The fourth-order valence-corrected chi connectivity index (χ4v) is 3.36. The van der Waals surface area contributed by atoms with Gasteiger partial charge in [-0.1, -0.05) is 35.3 Å². The van der Waals surface area contributed by atoms with Crippen LogP contribution < -0.4 is 5.32 Å². The first-order valence-electron chi connectivity index (χ1n) is 9.21. The van der Waals surface area contributed by atoms with Gasteiger partial charge in [-0.2, -0.15) is 13.2 Å². The van der Waals surface area contributed by atoms with E-state index in [-0.39, 0.29) is 16.5 Å². The number of rotatable bonds is 4. The van der Waals surface area contributed by atoms with Crippen molar-refractivity contribution in [2.45, 2.75) is 6.18 Å². The van der Waals surface area contributed by atoms with Crippen molar-refractivity contribution in [2.24, 2.45) is 0 Å². The zero-order chi connectivity index (χ0) is 22.9. The highest BCUT2D eigenvalue weighted by atomic mass is 35.5. The molecule has 0 atom stereocenters. The summed E-state index contributed by atoms with van der Waals surface area (Å²) in [6.07, 6.45) is -3.20. The highest BCUT2D eigenvalue weighted by Gasteiger charge is 2.34. The Hall–Kier alpha value is -3.29. The predicted octanol–water partition coefficient (Wildman–Crippen LogP) is 7.59. The Bertz CT molecular complexity index is 1290. The molecule has 0 bridgehead atoms. The summed E-state index contributed by atoms with van der Waals surface area (Å²) < 4.78 is 45.9. The van der Waals surface area contributed by atoms with Crippen LogP contribution in [-0.2, 0) is 6.18 Å². The normalized spacial score (nSPS) is 11.4. The molecule has 1 N–H and O–H groups in total. The maximum atomic E-state index is 13.4. The number of benzene rings is 3. The Morgan fingerprint density at radius 3 is 2.34 bits per heavy atom. The fraction of sp³-hybridized carbons (Fsp3) is 0.0435. The second-order valence-corrected chi connectivity index (χ2v) is 7.60. The van der Waals surface area contributed by atoms with Crippen LogP contribution in [0.5, 0.6) is 0 Å². The highest BCUT2D eigenvalue weighted by Crippen LogP contribution is 2.37. The summed E-state index contributed by atoms with van der Waals surface area (Å²) in [7, 11) is 0. The molecule has 1 amide bonds. The van der Waals surface area contributed by atoms with Gasteiger partial charge in [-0.05, 0) is 54.6 Å². The molecular formula is C23H13Cl2F3N2O2. The summed E-state index contributed by atoms with van der Waals surface area (Å²) in [4.78, 5) is 17.1. The zero-order valence-electron chi connectivity index (χ0n) is 16.1. The molecule has 4 rings (SSSR count). The first-order chi connectivity index (χ1) is 15.2. The minimum Gasteiger partial charge on any atom is -0.436 e. The molecule has 9 heteroatoms. The Kier molecular flexibility index (Phi) is 5.95. The summed E-state index contributed by atoms with van der Waals surface area (Å²) in [5, 5.41) is 2.79. The number of nitrogens with one attached hydrogen (secondary N) is 1. The van der Waals surface area contributed by atoms with Gasteiger partial charge in [-0.15, -0.1) is 0 Å². The molecule has 0 saturated carbocycles. The lowest BCUT2D eigenvalue weighted by molar-refractivity contribution is -0.136. The molecule has 1 aromatic heterocycles. The van der Waals surface area contributed by atoms with E-state index < -0.39 is 23.3 Å². The van der Waals surface area contributed by atoms with Crippen LogP contribution in [0.15, 0.2) is 77.3 Å². The van der Waals surface area contributed by atoms with Gasteiger partial charge in [-0.3, -0.25) is 4.79 Å². The molecule has 162 valence electrons. The SMILES string of the molecule is O=C(Nc1ccc(Cl)cc1C(F)(F)F)c1ccccc1-c1ncc(-c2ccc(Cl)cc2)o1. The summed E-state index contributed by atoms with van der Waals surface area (Å²) >= 11 is 11.6. The number of aromatic nitrogens is 1. The van der Waals surface area contributed by atoms with Gasteiger partial charge >= 0.3 is 6.18 Å². The molecule has 0 aliphatic rings. The molecule has 0 spiro atoms. The van der Waals surface area contributed by atoms with E-state index in [0.29, 0.717) is 16.3 Å². The van der Waals surface area contributed by atoms with E-state index in [2.05, 4.69) is 10.3 Å². The van der Waals surface area contributed by atoms with Gasteiger partial charge < -0.3 is 9.73 Å². The Morgan fingerprint density at radius 1 is 0.938 bits per heavy atom. The number of halogens is 5. The van der Waals surface area contributed by atoms with E-state index in [1.54, 1.807) is 42.5 Å². The third-order valence-corrected chi connectivity index (χ3v) is 5.06. The third kappa shape index (κ3) is 4.64. The van der Waals surface area contributed by atoms with Crippen molar-refractivity contribution in [3.63, 3.8) is 0 Å². The van der Waals surface area contributed by atoms with Crippen molar-refractivity contribution >= 4 is 34.8 Å². The van der Waals surface area contributed by atoms with Crippen LogP contribution >= 0.6 is 23.2 Å². The van der Waals surface area contributed by atoms with Crippen LogP contribution in [0.25, 0.3) is 22.8 Å². The number of hydrogen-bond acceptors (Lipinski definition) is 3. The maximum absolute atomic E-state index is 13.4. The van der Waals surface area contributed by atoms with Gasteiger partial charge in [0.05, 0.1) is 23.0 Å². The average Bonchev–Trinajstić information content (AvgIpc) is 3.25. The van der Waals surface area contributed by atoms with Gasteiger partial charge in [-0.25, -0.2) is 4.98 Å². The topological polar surface area (TPSA) is 55.1 Å². The van der Waals surface area contributed by atoms with E-state index in [1.807, 2.05) is 0 Å². The fourth-order valence-electron chi connectivity index (χ4n) is 3.06. The molecule has 3 aromatic carbocycles. The van der Waals surface area contributed by atoms with Crippen molar-refractivity contribution in [2.75, 3.05) is 5.32 Å². The molecule has 0 fully saturated rings. The quantitative estimate of drug-likeness (QED) is 0.330. The van der Waals surface area contributed by atoms with Crippen molar-refractivity contribution in [3.05, 3.63) is 94.1 Å². The summed E-state index contributed by atoms with van der Waals surface area (Å²) in [6, 6.07) is 16.4. The third-order valence-electron chi connectivity index (χ3n) is 4.57. The molecular weight excluding hydrogens is 464 g/mol. The van der Waals surface area contributed by atoms with E-state index >= 15 is 0 Å². The van der Waals surface area contributed by atoms with Gasteiger partial charge in [0.1, 0.15) is 0 Å². The van der Waals surface area contributed by atoms with Crippen molar-refractivity contribution < 1.29 is 22.4 Å². The molecule has 0 aliphatic carbocycles. The first-order valence-corrected chi connectivity index (χ1v) is 9.97. The van der Waals surface area contributed by atoms with Crippen LogP contribution in [0.3, 0.4) is 0 Å². The second-order valence-electron chi connectivity index (χ2n) is 6.72. The predicted molar refractivity (Wildman–Crippen MR) is 117 cm³/mol. The van der Waals surface area contributed by atoms with Gasteiger partial charge in [0.25, 0.3) is 5.91 Å². The minimum absolute atomic E-state index is 0.0924. The number of amides is 1. The molecule has 0 unspecified atom stereocenters. The molecule has 4 aromatic rings. The molecule has 1 heterocycles. The van der Waals surface area contributed by atoms with E-state index in [4.69, 9.17) is 27.6 Å². The lowest BCUT2D eigenvalue weighted by Gasteiger charge is -2.15. The van der Waals surface area contributed by atoms with Gasteiger partial charge in [0, 0.05) is 21.2 Å². The zero-order valence-corrected chi connectivity index (χ0v) is 17.6. The van der Waals surface area contributed by atoms with Crippen LogP contribution in [0.2, 0.25) is 10.0 Å². The van der Waals surface area contributed by atoms with Crippen LogP contribution in [0.4, 0.5) is 18.9 Å². The monoisotopic (exact) mass is 476 g/mol. The number of nitrogens with zero attached hydrogens (tertiary/aromatic N) is 1. The number of oxazole rings is 1. The lowest BCUT2D eigenvalue weighted by atomic mass is 10.1. The van der Waals surface area contributed by atoms with Crippen molar-refractivity contribution in [1.29, 1.82) is 0 Å². The van der Waals surface area contributed by atoms with Crippen LogP contribution in [0.1, 0.15) is 15.9 Å². The second kappa shape index (κ2) is 8.68. The number of anilines is 1. The molecule has 32 heavy (non-hydrogen) atoms. The molecule has 0 radical (unpaired) electrons. The Morgan fingerprint density at radius 2 is 1.62 bits per heavy atom. The first kappa shape index (κ1) is 21.9. The summed E-state index contributed by atoms with van der Waals surface area (Å²) in [5.74, 6) is -0.156. The lowest BCUT2D eigenvalue weighted by Crippen LogP contribution is -2.17. The van der Waals surface area contributed by atoms with Crippen molar-refractivity contribution in [1.82, 2.24) is 4.98 Å². The minimum atomic E-state index is -4.69. The molecule has 0 saturated heterocycles. The molecule has 4 nitrogen and oxygen atoms in total. The standard InChI is InChI=1S/C23H13Cl2F3N2O2/c24-14-7-5-13(6-8-14)20-12-29-22(32-20)17-4-2-1-3-16(17)21(31)30-19-10-9-15(25)11-18(19)23(26,27)28/h1-12H,(H,30,31). The highest BCUT2D eigenvalue weighted by molar-refractivity contribution is 6.31. The van der Waals surface area contributed by atoms with E-state index in [1.165, 1.54) is 18.3 Å². The maximum Gasteiger partial charge on any atom is 0.418 e. The number of carbonyl (C=O) groups is 1. The Labute approximate surface area is 190 Å². The molecule has 0 aliphatic heterocycles. The van der Waals surface area contributed by atoms with E-state index in [9.17, 15) is 18.0 Å². The van der Waals surface area contributed by atoms with E-state index in [0.717, 1.165) is 17.7 Å². The summed E-state index contributed by atoms with van der Waals surface area (Å²) in [6.45, 7) is 0. The average molecular weight is 477 g/mol. The van der Waals surface area contributed by atoms with Gasteiger partial charge in [0.2, 0.25) is 5.89 Å². The smallest absolute Gasteiger partial charge is 0.418 e. The number of hydrogen-bond donors (Lipinski definition) is 1. The number of carbonyl (C=O) groups excluding carboxylic acids is 1. The van der Waals surface area contributed by atoms with Gasteiger partial charge in [0.15, 0.2) is 5.76 Å². The van der Waals surface area contributed by atoms with Crippen LogP contribution in [-0.4, -0.2) is 10.9 Å². The largest absolute Gasteiger partial charge is 0.436 e.